The molecule has 0 atom stereocenters. The van der Waals surface area contributed by atoms with Gasteiger partial charge < -0.3 is 5.11 Å². The van der Waals surface area contributed by atoms with Crippen molar-refractivity contribution in [3.63, 3.8) is 0 Å². The van der Waals surface area contributed by atoms with Gasteiger partial charge in [0.1, 0.15) is 10.6 Å². The zero-order valence-corrected chi connectivity index (χ0v) is 11.7. The fourth-order valence-corrected chi connectivity index (χ4v) is 4.39. The molecule has 2 aliphatic rings. The van der Waals surface area contributed by atoms with Gasteiger partial charge in [-0.25, -0.2) is 13.1 Å². The molecule has 2 saturated carbocycles. The lowest BCUT2D eigenvalue weighted by atomic mass is 10.1. The molecule has 106 valence electrons. The highest BCUT2D eigenvalue weighted by molar-refractivity contribution is 7.89. The molecule has 0 aliphatic heterocycles. The van der Waals surface area contributed by atoms with E-state index in [4.69, 9.17) is 0 Å². The fourth-order valence-electron chi connectivity index (χ4n) is 2.66. The van der Waals surface area contributed by atoms with Crippen molar-refractivity contribution in [3.05, 3.63) is 11.4 Å². The molecule has 3 N–H and O–H groups in total. The van der Waals surface area contributed by atoms with E-state index in [2.05, 4.69) is 14.9 Å². The van der Waals surface area contributed by atoms with Crippen molar-refractivity contribution in [2.75, 3.05) is 0 Å². The number of aromatic amines is 1. The second kappa shape index (κ2) is 4.57. The highest BCUT2D eigenvalue weighted by Gasteiger charge is 2.44. The summed E-state index contributed by atoms with van der Waals surface area (Å²) in [6.45, 7) is 1.28. The summed E-state index contributed by atoms with van der Waals surface area (Å²) in [5, 5.41) is 15.7. The second-order valence-electron chi connectivity index (χ2n) is 5.60. The molecule has 7 heteroatoms. The number of sulfonamides is 1. The van der Waals surface area contributed by atoms with Gasteiger partial charge in [0.2, 0.25) is 10.0 Å². The second-order valence-corrected chi connectivity index (χ2v) is 7.26. The standard InChI is InChI=1S/C12H19N3O3S/c1-7-12(10(6-16)14-13-7)19(17,18)15-11(8-2-3-8)9-4-5-9/h8-9,11,15-16H,2-6H2,1H3,(H,13,14). The van der Waals surface area contributed by atoms with Gasteiger partial charge in [-0.05, 0) is 44.4 Å². The summed E-state index contributed by atoms with van der Waals surface area (Å²) in [4.78, 5) is 0.112. The monoisotopic (exact) mass is 285 g/mol. The summed E-state index contributed by atoms with van der Waals surface area (Å²) >= 11 is 0. The first-order valence-electron chi connectivity index (χ1n) is 6.70. The highest BCUT2D eigenvalue weighted by Crippen LogP contribution is 2.45. The topological polar surface area (TPSA) is 95.1 Å². The third kappa shape index (κ3) is 2.54. The van der Waals surface area contributed by atoms with E-state index >= 15 is 0 Å². The minimum atomic E-state index is -3.60. The first-order valence-corrected chi connectivity index (χ1v) is 8.18. The third-order valence-corrected chi connectivity index (χ3v) is 5.59. The molecule has 0 saturated heterocycles. The third-order valence-electron chi connectivity index (χ3n) is 3.93. The van der Waals surface area contributed by atoms with Crippen LogP contribution in [0.25, 0.3) is 0 Å². The number of aromatic nitrogens is 2. The van der Waals surface area contributed by atoms with Crippen LogP contribution in [0, 0.1) is 18.8 Å². The quantitative estimate of drug-likeness (QED) is 0.716. The van der Waals surface area contributed by atoms with Crippen LogP contribution in [0.2, 0.25) is 0 Å². The first kappa shape index (κ1) is 13.1. The molecule has 1 aromatic rings. The number of hydrogen-bond donors (Lipinski definition) is 3. The SMILES string of the molecule is Cc1[nH]nc(CO)c1S(=O)(=O)NC(C1CC1)C1CC1. The van der Waals surface area contributed by atoms with E-state index in [1.165, 1.54) is 0 Å². The molecule has 19 heavy (non-hydrogen) atoms. The van der Waals surface area contributed by atoms with Gasteiger partial charge in [0.05, 0.1) is 12.3 Å². The number of aliphatic hydroxyl groups excluding tert-OH is 1. The lowest BCUT2D eigenvalue weighted by molar-refractivity contribution is 0.273. The van der Waals surface area contributed by atoms with E-state index in [1.807, 2.05) is 0 Å². The van der Waals surface area contributed by atoms with Crippen LogP contribution in [-0.2, 0) is 16.6 Å². The smallest absolute Gasteiger partial charge is 0.244 e. The number of nitrogens with one attached hydrogen (secondary N) is 2. The van der Waals surface area contributed by atoms with E-state index < -0.39 is 10.0 Å². The van der Waals surface area contributed by atoms with Gasteiger partial charge in [-0.3, -0.25) is 5.10 Å². The Morgan fingerprint density at radius 1 is 1.37 bits per heavy atom. The predicted octanol–water partition coefficient (Wildman–Crippen LogP) is 0.677. The lowest BCUT2D eigenvalue weighted by Gasteiger charge is -2.17. The van der Waals surface area contributed by atoms with Crippen molar-refractivity contribution < 1.29 is 13.5 Å². The van der Waals surface area contributed by atoms with Crippen LogP contribution in [0.4, 0.5) is 0 Å². The largest absolute Gasteiger partial charge is 0.390 e. The van der Waals surface area contributed by atoms with Crippen LogP contribution in [0.3, 0.4) is 0 Å². The van der Waals surface area contributed by atoms with E-state index in [1.54, 1.807) is 6.92 Å². The molecule has 0 amide bonds. The fraction of sp³-hybridized carbons (Fsp3) is 0.750. The summed E-state index contributed by atoms with van der Waals surface area (Å²) in [6.07, 6.45) is 4.45. The highest BCUT2D eigenvalue weighted by atomic mass is 32.2. The maximum absolute atomic E-state index is 12.5. The van der Waals surface area contributed by atoms with Crippen LogP contribution in [-0.4, -0.2) is 29.8 Å². The maximum Gasteiger partial charge on any atom is 0.244 e. The number of hydrogen-bond acceptors (Lipinski definition) is 4. The molecule has 0 aromatic carbocycles. The van der Waals surface area contributed by atoms with Crippen LogP contribution >= 0.6 is 0 Å². The lowest BCUT2D eigenvalue weighted by Crippen LogP contribution is -2.38. The zero-order valence-electron chi connectivity index (χ0n) is 10.9. The Balaban J connectivity index is 1.87. The van der Waals surface area contributed by atoms with Crippen molar-refractivity contribution in [3.8, 4) is 0 Å². The number of aryl methyl sites for hydroxylation is 1. The van der Waals surface area contributed by atoms with Crippen molar-refractivity contribution in [2.45, 2.75) is 50.2 Å². The molecule has 0 bridgehead atoms. The van der Waals surface area contributed by atoms with E-state index in [9.17, 15) is 13.5 Å². The normalized spacial score (nSPS) is 20.2. The Morgan fingerprint density at radius 2 is 1.95 bits per heavy atom. The van der Waals surface area contributed by atoms with E-state index in [0.29, 0.717) is 17.5 Å². The molecule has 2 aliphatic carbocycles. The van der Waals surface area contributed by atoms with Gasteiger partial charge in [-0.2, -0.15) is 5.10 Å². The predicted molar refractivity (Wildman–Crippen MR) is 68.8 cm³/mol. The van der Waals surface area contributed by atoms with Gasteiger partial charge in [0.25, 0.3) is 0 Å². The van der Waals surface area contributed by atoms with Crippen LogP contribution in [0.5, 0.6) is 0 Å². The van der Waals surface area contributed by atoms with Crippen molar-refractivity contribution >= 4 is 10.0 Å². The Morgan fingerprint density at radius 3 is 2.42 bits per heavy atom. The Hall–Kier alpha value is -0.920. The summed E-state index contributed by atoms with van der Waals surface area (Å²) in [5.41, 5.74) is 0.664. The number of H-pyrrole nitrogens is 1. The molecule has 0 unspecified atom stereocenters. The molecule has 0 spiro atoms. The molecular weight excluding hydrogens is 266 g/mol. The molecule has 0 radical (unpaired) electrons. The summed E-state index contributed by atoms with van der Waals surface area (Å²) in [5.74, 6) is 0.985. The number of aliphatic hydroxyl groups is 1. The first-order chi connectivity index (χ1) is 9.03. The van der Waals surface area contributed by atoms with Crippen molar-refractivity contribution in [2.24, 2.45) is 11.8 Å². The van der Waals surface area contributed by atoms with Crippen LogP contribution in [0.1, 0.15) is 37.1 Å². The number of nitrogens with zero attached hydrogens (tertiary/aromatic N) is 1. The number of rotatable bonds is 6. The van der Waals surface area contributed by atoms with Crippen molar-refractivity contribution in [1.82, 2.24) is 14.9 Å². The van der Waals surface area contributed by atoms with Crippen LogP contribution in [0.15, 0.2) is 4.90 Å². The Kier molecular flexibility index (Phi) is 3.15. The van der Waals surface area contributed by atoms with Gasteiger partial charge in [0, 0.05) is 6.04 Å². The van der Waals surface area contributed by atoms with E-state index in [0.717, 1.165) is 25.7 Å². The zero-order chi connectivity index (χ0) is 13.6. The molecular formula is C12H19N3O3S. The van der Waals surface area contributed by atoms with Gasteiger partial charge in [0.15, 0.2) is 0 Å². The maximum atomic E-state index is 12.5. The van der Waals surface area contributed by atoms with Gasteiger partial charge >= 0.3 is 0 Å². The molecule has 3 rings (SSSR count). The molecule has 6 nitrogen and oxygen atoms in total. The average Bonchev–Trinajstić information content (AvgIpc) is 3.24. The minimum Gasteiger partial charge on any atom is -0.390 e. The Bertz CT molecular complexity index is 561. The summed E-state index contributed by atoms with van der Waals surface area (Å²) < 4.78 is 27.8. The van der Waals surface area contributed by atoms with Gasteiger partial charge in [-0.1, -0.05) is 0 Å². The summed E-state index contributed by atoms with van der Waals surface area (Å²) in [7, 11) is -3.60. The van der Waals surface area contributed by atoms with Crippen molar-refractivity contribution in [1.29, 1.82) is 0 Å². The van der Waals surface area contributed by atoms with Gasteiger partial charge in [-0.15, -0.1) is 0 Å². The summed E-state index contributed by atoms with van der Waals surface area (Å²) in [6, 6.07) is 0.0610. The van der Waals surface area contributed by atoms with E-state index in [-0.39, 0.29) is 23.2 Å². The molecule has 1 aromatic heterocycles. The molecule has 1 heterocycles. The van der Waals surface area contributed by atoms with Crippen LogP contribution < -0.4 is 4.72 Å². The average molecular weight is 285 g/mol. The minimum absolute atomic E-state index is 0.0610. The molecule has 2 fully saturated rings. The Labute approximate surface area is 112 Å².